The van der Waals surface area contributed by atoms with E-state index in [1.165, 1.54) is 28.8 Å². The van der Waals surface area contributed by atoms with Crippen LogP contribution in [0.4, 0.5) is 22.7 Å². The summed E-state index contributed by atoms with van der Waals surface area (Å²) in [6.07, 6.45) is 6.12. The number of benzene rings is 2. The number of carbonyl (C=O) groups is 1. The summed E-state index contributed by atoms with van der Waals surface area (Å²) in [5.74, 6) is 2.17. The van der Waals surface area contributed by atoms with E-state index in [1.54, 1.807) is 19.1 Å². The van der Waals surface area contributed by atoms with Crippen LogP contribution in [0.3, 0.4) is 0 Å². The van der Waals surface area contributed by atoms with Crippen LogP contribution in [0.5, 0.6) is 0 Å². The molecule has 1 amide bonds. The van der Waals surface area contributed by atoms with E-state index in [4.69, 9.17) is 15.0 Å². The summed E-state index contributed by atoms with van der Waals surface area (Å²) < 4.78 is 27.9. The minimum absolute atomic E-state index is 0.0515. The second kappa shape index (κ2) is 17.7. The monoisotopic (exact) mass is 762 g/mol. The van der Waals surface area contributed by atoms with Gasteiger partial charge < -0.3 is 20.9 Å². The van der Waals surface area contributed by atoms with Gasteiger partial charge in [-0.3, -0.25) is 9.52 Å². The molecule has 2 aromatic carbocycles. The first-order chi connectivity index (χ1) is 25.3. The quantitative estimate of drug-likeness (QED) is 0.0881. The Hall–Kier alpha value is -4.21. The van der Waals surface area contributed by atoms with Gasteiger partial charge in [-0.05, 0) is 133 Å². The molecule has 0 saturated heterocycles. The Morgan fingerprint density at radius 3 is 2.21 bits per heavy atom. The molecule has 15 heteroatoms. The number of amides is 1. The molecule has 1 aliphatic rings. The second-order valence-electron chi connectivity index (χ2n) is 14.4. The zero-order valence-electron chi connectivity index (χ0n) is 32.0. The third-order valence-corrected chi connectivity index (χ3v) is 12.8. The number of hydrogen-bond donors (Lipinski definition) is 4. The van der Waals surface area contributed by atoms with Crippen LogP contribution in [0.25, 0.3) is 0 Å². The molecule has 0 aliphatic heterocycles. The fourth-order valence-corrected chi connectivity index (χ4v) is 8.58. The number of sulfonamides is 1. The van der Waals surface area contributed by atoms with Gasteiger partial charge in [0.2, 0.25) is 22.9 Å². The lowest BCUT2D eigenvalue weighted by molar-refractivity contribution is -0.121. The summed E-state index contributed by atoms with van der Waals surface area (Å²) in [7, 11) is 0.382. The smallest absolute Gasteiger partial charge is 0.263 e. The van der Waals surface area contributed by atoms with Crippen molar-refractivity contribution in [3.63, 3.8) is 0 Å². The Morgan fingerprint density at radius 1 is 0.906 bits per heavy atom. The number of carbonyl (C=O) groups excluding carboxylic acids is 1. The summed E-state index contributed by atoms with van der Waals surface area (Å²) in [6, 6.07) is 12.5. The summed E-state index contributed by atoms with van der Waals surface area (Å²) >= 11 is 1.16. The molecule has 5 rings (SSSR count). The van der Waals surface area contributed by atoms with Gasteiger partial charge in [-0.1, -0.05) is 43.4 Å². The fraction of sp³-hybridized carbons (Fsp3) is 0.526. The SMILES string of the molecule is CCC(CC)(CCN(C)C)c1nc(NCc2cccc(C)c2C)nc(NCC2CCC(C(=O)Nc3ccc(S(=O)(=O)Nc4nnc(C)s4)cc3)CC2)n1. The molecule has 0 radical (unpaired) electrons. The van der Waals surface area contributed by atoms with Gasteiger partial charge in [0, 0.05) is 30.1 Å². The molecule has 1 saturated carbocycles. The highest BCUT2D eigenvalue weighted by Crippen LogP contribution is 2.35. The molecule has 0 atom stereocenters. The first-order valence-electron chi connectivity index (χ1n) is 18.5. The van der Waals surface area contributed by atoms with Gasteiger partial charge in [-0.2, -0.15) is 15.0 Å². The minimum atomic E-state index is -3.81. The van der Waals surface area contributed by atoms with Crippen molar-refractivity contribution in [2.45, 2.75) is 96.4 Å². The highest BCUT2D eigenvalue weighted by Gasteiger charge is 2.33. The number of aromatic nitrogens is 5. The molecule has 0 bridgehead atoms. The lowest BCUT2D eigenvalue weighted by atomic mass is 9.78. The molecule has 2 aromatic heterocycles. The minimum Gasteiger partial charge on any atom is -0.354 e. The lowest BCUT2D eigenvalue weighted by Crippen LogP contribution is -2.33. The van der Waals surface area contributed by atoms with Crippen LogP contribution in [-0.4, -0.2) is 71.6 Å². The summed E-state index contributed by atoms with van der Waals surface area (Å²) in [5, 5.41) is 18.6. The van der Waals surface area contributed by atoms with Crippen molar-refractivity contribution in [1.82, 2.24) is 30.0 Å². The van der Waals surface area contributed by atoms with Gasteiger partial charge in [0.15, 0.2) is 0 Å². The van der Waals surface area contributed by atoms with E-state index in [0.29, 0.717) is 41.6 Å². The number of aryl methyl sites for hydroxylation is 2. The fourth-order valence-electron chi connectivity index (χ4n) is 6.76. The normalized spacial score (nSPS) is 16.4. The van der Waals surface area contributed by atoms with Crippen molar-refractivity contribution in [2.24, 2.45) is 11.8 Å². The first-order valence-corrected chi connectivity index (χ1v) is 20.8. The largest absolute Gasteiger partial charge is 0.354 e. The Kier molecular flexibility index (Phi) is 13.4. The van der Waals surface area contributed by atoms with Crippen LogP contribution < -0.4 is 20.7 Å². The Labute approximate surface area is 318 Å². The van der Waals surface area contributed by atoms with Crippen molar-refractivity contribution in [3.05, 3.63) is 70.0 Å². The van der Waals surface area contributed by atoms with E-state index < -0.39 is 10.0 Å². The Morgan fingerprint density at radius 2 is 1.58 bits per heavy atom. The van der Waals surface area contributed by atoms with Gasteiger partial charge in [0.05, 0.1) is 4.90 Å². The third-order valence-electron chi connectivity index (χ3n) is 10.6. The van der Waals surface area contributed by atoms with Gasteiger partial charge in [-0.15, -0.1) is 10.2 Å². The number of hydrogen-bond acceptors (Lipinski definition) is 12. The summed E-state index contributed by atoms with van der Waals surface area (Å²) in [4.78, 5) is 30.4. The third kappa shape index (κ3) is 10.5. The highest BCUT2D eigenvalue weighted by molar-refractivity contribution is 7.93. The van der Waals surface area contributed by atoms with Crippen LogP contribution in [0.15, 0.2) is 47.4 Å². The molecule has 4 aromatic rings. The maximum absolute atomic E-state index is 13.2. The van der Waals surface area contributed by atoms with Crippen molar-refractivity contribution in [1.29, 1.82) is 0 Å². The predicted molar refractivity (Wildman–Crippen MR) is 213 cm³/mol. The van der Waals surface area contributed by atoms with Crippen molar-refractivity contribution in [2.75, 3.05) is 47.9 Å². The van der Waals surface area contributed by atoms with Gasteiger partial charge in [0.1, 0.15) is 10.8 Å². The van der Waals surface area contributed by atoms with E-state index in [2.05, 4.69) is 95.8 Å². The number of nitrogens with zero attached hydrogens (tertiary/aromatic N) is 6. The molecule has 0 unspecified atom stereocenters. The van der Waals surface area contributed by atoms with Gasteiger partial charge >= 0.3 is 0 Å². The average molecular weight is 763 g/mol. The van der Waals surface area contributed by atoms with E-state index >= 15 is 0 Å². The molecule has 13 nitrogen and oxygen atoms in total. The zero-order chi connectivity index (χ0) is 38.2. The molecule has 53 heavy (non-hydrogen) atoms. The van der Waals surface area contributed by atoms with Crippen molar-refractivity contribution >= 4 is 50.0 Å². The maximum atomic E-state index is 13.2. The molecular weight excluding hydrogens is 709 g/mol. The van der Waals surface area contributed by atoms with Crippen LogP contribution in [0.1, 0.15) is 86.3 Å². The van der Waals surface area contributed by atoms with E-state index in [1.807, 2.05) is 0 Å². The van der Waals surface area contributed by atoms with Crippen LogP contribution in [0.2, 0.25) is 0 Å². The van der Waals surface area contributed by atoms with Gasteiger partial charge in [-0.25, -0.2) is 8.42 Å². The first kappa shape index (κ1) is 40.0. The lowest BCUT2D eigenvalue weighted by Gasteiger charge is -2.32. The van der Waals surface area contributed by atoms with E-state index in [0.717, 1.165) is 68.7 Å². The van der Waals surface area contributed by atoms with Crippen LogP contribution in [0, 0.1) is 32.6 Å². The summed E-state index contributed by atoms with van der Waals surface area (Å²) in [5.41, 5.74) is 4.11. The Bertz CT molecular complexity index is 1940. The molecule has 0 spiro atoms. The molecular formula is C38H54N10O3S2. The second-order valence-corrected chi connectivity index (χ2v) is 17.3. The molecule has 286 valence electrons. The van der Waals surface area contributed by atoms with Crippen molar-refractivity contribution < 1.29 is 13.2 Å². The van der Waals surface area contributed by atoms with E-state index in [-0.39, 0.29) is 27.3 Å². The zero-order valence-corrected chi connectivity index (χ0v) is 33.6. The van der Waals surface area contributed by atoms with Crippen LogP contribution >= 0.6 is 11.3 Å². The summed E-state index contributed by atoms with van der Waals surface area (Å²) in [6.45, 7) is 12.7. The average Bonchev–Trinajstić information content (AvgIpc) is 3.55. The molecule has 1 fully saturated rings. The number of anilines is 4. The molecule has 1 aliphatic carbocycles. The molecule has 4 N–H and O–H groups in total. The predicted octanol–water partition coefficient (Wildman–Crippen LogP) is 6.93. The van der Waals surface area contributed by atoms with Gasteiger partial charge in [0.25, 0.3) is 10.0 Å². The Balaban J connectivity index is 1.19. The van der Waals surface area contributed by atoms with Crippen LogP contribution in [-0.2, 0) is 26.8 Å². The highest BCUT2D eigenvalue weighted by atomic mass is 32.2. The topological polar surface area (TPSA) is 167 Å². The number of rotatable bonds is 17. The standard InChI is InChI=1S/C38H54N10O3S2/c1-8-38(9-2,21-22-48(6)7)34-42-35(44-36(43-34)40-24-30-12-10-11-25(3)26(30)4)39-23-28-13-15-29(16-14-28)33(49)41-31-17-19-32(20-18-31)53(50,51)47-37-46-45-27(5)52-37/h10-12,17-20,28-29H,8-9,13-16,21-24H2,1-7H3,(H,41,49)(H,46,47)(H2,39,40,42,43,44). The van der Waals surface area contributed by atoms with Crippen molar-refractivity contribution in [3.8, 4) is 0 Å². The maximum Gasteiger partial charge on any atom is 0.263 e. The number of nitrogens with one attached hydrogen (secondary N) is 4. The molecule has 2 heterocycles. The van der Waals surface area contributed by atoms with E-state index in [9.17, 15) is 13.2 Å².